The van der Waals surface area contributed by atoms with Gasteiger partial charge in [0.05, 0.1) is 0 Å². The summed E-state index contributed by atoms with van der Waals surface area (Å²) in [6, 6.07) is 4.98. The predicted molar refractivity (Wildman–Crippen MR) is 63.7 cm³/mol. The number of rotatable bonds is 5. The molecule has 0 heterocycles. The Morgan fingerprint density at radius 1 is 1.47 bits per heavy atom. The number of hydrogen-bond acceptors (Lipinski definition) is 3. The smallest absolute Gasteiger partial charge is 0.303 e. The minimum Gasteiger partial charge on any atom is -0.768 e. The van der Waals surface area contributed by atoms with Crippen molar-refractivity contribution in [1.29, 1.82) is 0 Å². The van der Waals surface area contributed by atoms with Crippen LogP contribution in [0.4, 0.5) is 0 Å². The van der Waals surface area contributed by atoms with Crippen LogP contribution in [-0.2, 0) is 22.3 Å². The first kappa shape index (κ1) is 13.9. The molecule has 1 aromatic carbocycles. The molecule has 1 unspecified atom stereocenters. The van der Waals surface area contributed by atoms with E-state index in [0.29, 0.717) is 11.3 Å². The maximum absolute atomic E-state index is 11.0. The van der Waals surface area contributed by atoms with E-state index < -0.39 is 17.0 Å². The maximum atomic E-state index is 11.0. The Balaban J connectivity index is 3.01. The molecule has 0 bridgehead atoms. The minimum absolute atomic E-state index is 0.0529. The third-order valence-electron chi connectivity index (χ3n) is 2.50. The van der Waals surface area contributed by atoms with Gasteiger partial charge in [0.1, 0.15) is 0 Å². The lowest BCUT2D eigenvalue weighted by Gasteiger charge is -2.16. The van der Waals surface area contributed by atoms with E-state index in [2.05, 4.69) is 0 Å². The van der Waals surface area contributed by atoms with E-state index in [1.807, 2.05) is 13.8 Å². The Morgan fingerprint density at radius 2 is 2.12 bits per heavy atom. The van der Waals surface area contributed by atoms with E-state index in [1.165, 1.54) is 6.07 Å². The zero-order valence-electron chi connectivity index (χ0n) is 9.80. The highest BCUT2D eigenvalue weighted by molar-refractivity contribution is 7.79. The van der Waals surface area contributed by atoms with Crippen LogP contribution in [0.15, 0.2) is 23.1 Å². The maximum Gasteiger partial charge on any atom is 0.303 e. The van der Waals surface area contributed by atoms with Gasteiger partial charge in [0.15, 0.2) is 0 Å². The van der Waals surface area contributed by atoms with Crippen molar-refractivity contribution >= 4 is 17.0 Å². The summed E-state index contributed by atoms with van der Waals surface area (Å²) < 4.78 is 22.0. The molecular weight excluding hydrogens is 240 g/mol. The fraction of sp³-hybridized carbons (Fsp3) is 0.417. The summed E-state index contributed by atoms with van der Waals surface area (Å²) >= 11 is -2.25. The lowest BCUT2D eigenvalue weighted by Crippen LogP contribution is -2.02. The second-order valence-electron chi connectivity index (χ2n) is 4.16. The van der Waals surface area contributed by atoms with E-state index in [4.69, 9.17) is 5.11 Å². The number of aliphatic carboxylic acids is 1. The van der Waals surface area contributed by atoms with Gasteiger partial charge < -0.3 is 9.66 Å². The van der Waals surface area contributed by atoms with Gasteiger partial charge in [-0.25, -0.2) is 0 Å². The van der Waals surface area contributed by atoms with Gasteiger partial charge in [0.25, 0.3) is 0 Å². The zero-order chi connectivity index (χ0) is 13.0. The summed E-state index contributed by atoms with van der Waals surface area (Å²) in [5, 5.41) is 8.60. The first-order valence-corrected chi connectivity index (χ1v) is 6.43. The van der Waals surface area contributed by atoms with Crippen LogP contribution in [0.2, 0.25) is 0 Å². The van der Waals surface area contributed by atoms with Crippen LogP contribution >= 0.6 is 0 Å². The molecule has 0 saturated carbocycles. The van der Waals surface area contributed by atoms with Crippen molar-refractivity contribution in [3.05, 3.63) is 29.3 Å². The highest BCUT2D eigenvalue weighted by atomic mass is 32.2. The molecule has 0 aliphatic rings. The van der Waals surface area contributed by atoms with Gasteiger partial charge in [-0.05, 0) is 40.6 Å². The molecule has 1 atom stereocenters. The number of hydrogen-bond donors (Lipinski definition) is 1. The van der Waals surface area contributed by atoms with Crippen LogP contribution in [0, 0.1) is 0 Å². The molecule has 0 saturated heterocycles. The van der Waals surface area contributed by atoms with Crippen molar-refractivity contribution in [3.8, 4) is 0 Å². The Kier molecular flexibility index (Phi) is 4.84. The predicted octanol–water partition coefficient (Wildman–Crippen LogP) is 2.07. The zero-order valence-corrected chi connectivity index (χ0v) is 10.6. The quantitative estimate of drug-likeness (QED) is 0.817. The van der Waals surface area contributed by atoms with Gasteiger partial charge in [-0.1, -0.05) is 26.0 Å². The van der Waals surface area contributed by atoms with Crippen LogP contribution in [0.3, 0.4) is 0 Å². The molecule has 1 aromatic rings. The Hall–Kier alpha value is -1.20. The minimum atomic E-state index is -2.25. The van der Waals surface area contributed by atoms with Crippen LogP contribution in [0.1, 0.15) is 37.3 Å². The monoisotopic (exact) mass is 255 g/mol. The summed E-state index contributed by atoms with van der Waals surface area (Å²) in [5.41, 5.74) is 1.59. The van der Waals surface area contributed by atoms with Crippen LogP contribution < -0.4 is 0 Å². The topological polar surface area (TPSA) is 77.4 Å². The van der Waals surface area contributed by atoms with Crippen molar-refractivity contribution in [2.75, 3.05) is 0 Å². The molecule has 0 spiro atoms. The lowest BCUT2D eigenvalue weighted by atomic mass is 9.99. The molecule has 4 nitrogen and oxygen atoms in total. The summed E-state index contributed by atoms with van der Waals surface area (Å²) in [6.45, 7) is 3.82. The highest BCUT2D eigenvalue weighted by Gasteiger charge is 2.09. The van der Waals surface area contributed by atoms with Crippen molar-refractivity contribution in [2.45, 2.75) is 37.5 Å². The van der Waals surface area contributed by atoms with E-state index in [1.54, 1.807) is 12.1 Å². The van der Waals surface area contributed by atoms with E-state index in [-0.39, 0.29) is 12.3 Å². The molecule has 0 aliphatic carbocycles. The lowest BCUT2D eigenvalue weighted by molar-refractivity contribution is -0.136. The van der Waals surface area contributed by atoms with Gasteiger partial charge in [-0.15, -0.1) is 0 Å². The number of carboxylic acids is 1. The van der Waals surface area contributed by atoms with Crippen molar-refractivity contribution < 1.29 is 18.7 Å². The Bertz CT molecular complexity index is 440. The first-order chi connectivity index (χ1) is 7.91. The van der Waals surface area contributed by atoms with Gasteiger partial charge >= 0.3 is 5.97 Å². The van der Waals surface area contributed by atoms with E-state index in [0.717, 1.165) is 11.1 Å². The second-order valence-corrected chi connectivity index (χ2v) is 5.06. The fourth-order valence-electron chi connectivity index (χ4n) is 1.61. The van der Waals surface area contributed by atoms with Gasteiger partial charge in [-0.3, -0.25) is 9.00 Å². The Labute approximate surface area is 103 Å². The third kappa shape index (κ3) is 3.94. The standard InChI is InChI=1S/C12H16O4S/c1-8(2)10-7-9(4-6-12(13)14)3-5-11(10)17(15)16/h3,5,7-8H,4,6H2,1-2H3,(H,13,14)(H,15,16)/p-1. The van der Waals surface area contributed by atoms with Crippen LogP contribution in [-0.4, -0.2) is 19.8 Å². The summed E-state index contributed by atoms with van der Waals surface area (Å²) in [5.74, 6) is -0.764. The molecular formula is C12H15O4S-. The molecule has 1 rings (SSSR count). The third-order valence-corrected chi connectivity index (χ3v) is 3.23. The second kappa shape index (κ2) is 5.93. The van der Waals surface area contributed by atoms with Crippen molar-refractivity contribution in [3.63, 3.8) is 0 Å². The van der Waals surface area contributed by atoms with Crippen LogP contribution in [0.25, 0.3) is 0 Å². The molecule has 0 amide bonds. The number of aryl methyl sites for hydroxylation is 1. The SMILES string of the molecule is CC(C)c1cc(CCC(=O)O)ccc1S(=O)[O-]. The normalized spacial score (nSPS) is 12.7. The molecule has 5 heteroatoms. The average molecular weight is 255 g/mol. The van der Waals surface area contributed by atoms with Gasteiger partial charge in [0, 0.05) is 11.3 Å². The molecule has 0 aromatic heterocycles. The first-order valence-electron chi connectivity index (χ1n) is 5.35. The molecule has 0 radical (unpaired) electrons. The van der Waals surface area contributed by atoms with Gasteiger partial charge in [0.2, 0.25) is 0 Å². The Morgan fingerprint density at radius 3 is 2.59 bits per heavy atom. The molecule has 17 heavy (non-hydrogen) atoms. The van der Waals surface area contributed by atoms with Crippen LogP contribution in [0.5, 0.6) is 0 Å². The number of carbonyl (C=O) groups is 1. The molecule has 1 N–H and O–H groups in total. The van der Waals surface area contributed by atoms with Crippen molar-refractivity contribution in [2.24, 2.45) is 0 Å². The average Bonchev–Trinajstić information content (AvgIpc) is 2.25. The molecule has 0 aliphatic heterocycles. The van der Waals surface area contributed by atoms with Gasteiger partial charge in [-0.2, -0.15) is 0 Å². The number of benzene rings is 1. The summed E-state index contributed by atoms with van der Waals surface area (Å²) in [6.07, 6.45) is 0.470. The number of carboxylic acid groups (broad SMARTS) is 1. The fourth-order valence-corrected chi connectivity index (χ4v) is 2.27. The molecule has 94 valence electrons. The van der Waals surface area contributed by atoms with E-state index >= 15 is 0 Å². The summed E-state index contributed by atoms with van der Waals surface area (Å²) in [7, 11) is 0. The summed E-state index contributed by atoms with van der Waals surface area (Å²) in [4.78, 5) is 10.8. The van der Waals surface area contributed by atoms with Crippen molar-refractivity contribution in [1.82, 2.24) is 0 Å². The largest absolute Gasteiger partial charge is 0.768 e. The molecule has 0 fully saturated rings. The highest BCUT2D eigenvalue weighted by Crippen LogP contribution is 2.23. The van der Waals surface area contributed by atoms with E-state index in [9.17, 15) is 13.6 Å².